The summed E-state index contributed by atoms with van der Waals surface area (Å²) in [6, 6.07) is 23.9. The van der Waals surface area contributed by atoms with E-state index in [0.717, 1.165) is 37.6 Å². The summed E-state index contributed by atoms with van der Waals surface area (Å²) in [5, 5.41) is 28.9. The van der Waals surface area contributed by atoms with Crippen LogP contribution >= 0.6 is 23.2 Å². The molecule has 0 radical (unpaired) electrons. The number of hydrogen-bond donors (Lipinski definition) is 4. The number of phenols is 2. The predicted molar refractivity (Wildman–Crippen MR) is 196 cm³/mol. The zero-order chi connectivity index (χ0) is 35.1. The Labute approximate surface area is 291 Å². The summed E-state index contributed by atoms with van der Waals surface area (Å²) < 4.78 is 0. The zero-order valence-corrected chi connectivity index (χ0v) is 28.8. The van der Waals surface area contributed by atoms with Gasteiger partial charge in [0, 0.05) is 82.0 Å². The Morgan fingerprint density at radius 2 is 1.00 bits per heavy atom. The fraction of sp³-hybridized carbons (Fsp3) is 0.222. The van der Waals surface area contributed by atoms with Crippen LogP contribution in [-0.4, -0.2) is 60.6 Å². The van der Waals surface area contributed by atoms with Crippen molar-refractivity contribution in [3.8, 4) is 11.5 Å². The zero-order valence-electron chi connectivity index (χ0n) is 27.3. The van der Waals surface area contributed by atoms with E-state index in [0.29, 0.717) is 32.3 Å². The maximum Gasteiger partial charge on any atom is 0.271 e. The average molecular weight is 692 g/mol. The van der Waals surface area contributed by atoms with Crippen molar-refractivity contribution in [2.75, 3.05) is 36.0 Å². The van der Waals surface area contributed by atoms with Gasteiger partial charge in [-0.1, -0.05) is 35.3 Å². The summed E-state index contributed by atoms with van der Waals surface area (Å²) in [5.74, 6) is -0.513. The van der Waals surface area contributed by atoms with Gasteiger partial charge in [-0.15, -0.1) is 0 Å². The number of benzene rings is 4. The Kier molecular flexibility index (Phi) is 14.7. The first-order valence-corrected chi connectivity index (χ1v) is 16.2. The number of hydrogen-bond acceptors (Lipinski definition) is 8. The molecule has 0 unspecified atom stereocenters. The van der Waals surface area contributed by atoms with Crippen LogP contribution in [-0.2, 0) is 0 Å². The Bertz CT molecular complexity index is 1610. The highest BCUT2D eigenvalue weighted by Crippen LogP contribution is 2.24. The number of carbonyl (C=O) groups is 2. The second-order valence-electron chi connectivity index (χ2n) is 10.2. The monoisotopic (exact) mass is 690 g/mol. The predicted octanol–water partition coefficient (Wildman–Crippen LogP) is 7.31. The molecule has 48 heavy (non-hydrogen) atoms. The van der Waals surface area contributed by atoms with Crippen LogP contribution in [0, 0.1) is 0 Å². The molecule has 12 heteroatoms. The third-order valence-electron chi connectivity index (χ3n) is 7.20. The van der Waals surface area contributed by atoms with Gasteiger partial charge < -0.3 is 20.0 Å². The van der Waals surface area contributed by atoms with Gasteiger partial charge in [0.25, 0.3) is 11.8 Å². The largest absolute Gasteiger partial charge is 0.507 e. The van der Waals surface area contributed by atoms with E-state index in [1.807, 2.05) is 12.1 Å². The normalized spacial score (nSPS) is 10.8. The maximum atomic E-state index is 11.9. The lowest BCUT2D eigenvalue weighted by Crippen LogP contribution is -2.21. The first kappa shape index (κ1) is 37.4. The van der Waals surface area contributed by atoms with E-state index < -0.39 is 0 Å². The number of rotatable bonds is 12. The fourth-order valence-corrected chi connectivity index (χ4v) is 4.94. The van der Waals surface area contributed by atoms with E-state index in [1.54, 1.807) is 72.8 Å². The lowest BCUT2D eigenvalue weighted by atomic mass is 10.2. The number of anilines is 2. The molecule has 2 amide bonds. The van der Waals surface area contributed by atoms with Gasteiger partial charge in [-0.25, -0.2) is 10.9 Å². The van der Waals surface area contributed by atoms with Crippen molar-refractivity contribution >= 4 is 58.8 Å². The van der Waals surface area contributed by atoms with Crippen LogP contribution in [0.15, 0.2) is 95.1 Å². The Balaban J connectivity index is 0.000000260. The number of nitrogens with zero attached hydrogens (tertiary/aromatic N) is 4. The average Bonchev–Trinajstić information content (AvgIpc) is 3.08. The highest BCUT2D eigenvalue weighted by atomic mass is 35.5. The molecule has 0 aliphatic carbocycles. The van der Waals surface area contributed by atoms with Crippen molar-refractivity contribution < 1.29 is 19.8 Å². The van der Waals surface area contributed by atoms with E-state index in [2.05, 4.69) is 58.5 Å². The third kappa shape index (κ3) is 11.0. The second-order valence-corrected chi connectivity index (χ2v) is 11.1. The molecule has 0 saturated carbocycles. The van der Waals surface area contributed by atoms with Crippen molar-refractivity contribution in [1.29, 1.82) is 0 Å². The second kappa shape index (κ2) is 18.9. The van der Waals surface area contributed by atoms with Crippen LogP contribution in [0.2, 0.25) is 10.0 Å². The molecule has 4 aromatic carbocycles. The summed E-state index contributed by atoms with van der Waals surface area (Å²) in [6.45, 7) is 11.7. The standard InChI is InChI=1S/2C18H20ClN3O2/c2*1-3-22(4-2)16-9-8-14(17(23)11-16)12-20-21-18(24)13-6-5-7-15(19)10-13/h2*5-12,23H,3-4H2,1-2H3,(H,21,24)/b2*20-12+. The lowest BCUT2D eigenvalue weighted by Gasteiger charge is -2.21. The van der Waals surface area contributed by atoms with Gasteiger partial charge >= 0.3 is 0 Å². The van der Waals surface area contributed by atoms with Crippen molar-refractivity contribution in [3.63, 3.8) is 0 Å². The van der Waals surface area contributed by atoms with Crippen molar-refractivity contribution in [2.24, 2.45) is 10.2 Å². The highest BCUT2D eigenvalue weighted by molar-refractivity contribution is 6.31. The Morgan fingerprint density at radius 1 is 0.625 bits per heavy atom. The Morgan fingerprint density at radius 3 is 1.31 bits per heavy atom. The molecule has 4 rings (SSSR count). The summed E-state index contributed by atoms with van der Waals surface area (Å²) >= 11 is 11.7. The van der Waals surface area contributed by atoms with Gasteiger partial charge in [0.2, 0.25) is 0 Å². The molecule has 4 aromatic rings. The van der Waals surface area contributed by atoms with E-state index in [4.69, 9.17) is 23.2 Å². The third-order valence-corrected chi connectivity index (χ3v) is 7.67. The molecular weight excluding hydrogens is 651 g/mol. The van der Waals surface area contributed by atoms with Crippen LogP contribution < -0.4 is 20.7 Å². The first-order chi connectivity index (χ1) is 23.1. The minimum Gasteiger partial charge on any atom is -0.507 e. The quantitative estimate of drug-likeness (QED) is 0.0911. The summed E-state index contributed by atoms with van der Waals surface area (Å²) in [4.78, 5) is 28.1. The Hall–Kier alpha value is -5.06. The van der Waals surface area contributed by atoms with E-state index in [9.17, 15) is 19.8 Å². The number of aromatic hydroxyl groups is 2. The molecule has 4 N–H and O–H groups in total. The highest BCUT2D eigenvalue weighted by Gasteiger charge is 2.09. The minimum atomic E-state index is -0.368. The topological polar surface area (TPSA) is 130 Å². The van der Waals surface area contributed by atoms with E-state index >= 15 is 0 Å². The summed E-state index contributed by atoms with van der Waals surface area (Å²) in [6.07, 6.45) is 2.81. The van der Waals surface area contributed by atoms with Crippen LogP contribution in [0.4, 0.5) is 11.4 Å². The molecule has 0 bridgehead atoms. The molecule has 0 heterocycles. The number of amides is 2. The molecule has 0 aromatic heterocycles. The molecule has 0 aliphatic heterocycles. The number of halogens is 2. The molecular formula is C36H40Cl2N6O4. The van der Waals surface area contributed by atoms with Gasteiger partial charge in [-0.2, -0.15) is 10.2 Å². The molecule has 0 fully saturated rings. The molecule has 0 saturated heterocycles. The molecule has 10 nitrogen and oxygen atoms in total. The number of hydrazone groups is 2. The summed E-state index contributed by atoms with van der Waals surface area (Å²) in [5.41, 5.74) is 8.59. The van der Waals surface area contributed by atoms with Gasteiger partial charge in [-0.05, 0) is 88.4 Å². The van der Waals surface area contributed by atoms with Gasteiger partial charge in [0.15, 0.2) is 0 Å². The van der Waals surface area contributed by atoms with Gasteiger partial charge in [0.05, 0.1) is 12.4 Å². The fourth-order valence-electron chi connectivity index (χ4n) is 4.56. The van der Waals surface area contributed by atoms with Gasteiger partial charge in [-0.3, -0.25) is 9.59 Å². The molecule has 252 valence electrons. The van der Waals surface area contributed by atoms with E-state index in [-0.39, 0.29) is 23.3 Å². The van der Waals surface area contributed by atoms with Crippen LogP contribution in [0.3, 0.4) is 0 Å². The van der Waals surface area contributed by atoms with Crippen molar-refractivity contribution in [2.45, 2.75) is 27.7 Å². The first-order valence-electron chi connectivity index (χ1n) is 15.4. The smallest absolute Gasteiger partial charge is 0.271 e. The minimum absolute atomic E-state index is 0.111. The maximum absolute atomic E-state index is 11.9. The number of nitrogens with one attached hydrogen (secondary N) is 2. The SMILES string of the molecule is CCN(CC)c1ccc(/C=N/NC(=O)c2cccc(Cl)c2)c(O)c1.CCN(CC)c1ccc(/C=N/NC(=O)c2cccc(Cl)c2)c(O)c1. The molecule has 0 atom stereocenters. The van der Waals surface area contributed by atoms with Crippen LogP contribution in [0.5, 0.6) is 11.5 Å². The number of phenolic OH excluding ortho intramolecular Hbond substituents is 2. The van der Waals surface area contributed by atoms with Crippen LogP contribution in [0.25, 0.3) is 0 Å². The van der Waals surface area contributed by atoms with Gasteiger partial charge in [0.1, 0.15) is 11.5 Å². The van der Waals surface area contributed by atoms with E-state index in [1.165, 1.54) is 12.4 Å². The summed E-state index contributed by atoms with van der Waals surface area (Å²) in [7, 11) is 0. The number of carbonyl (C=O) groups excluding carboxylic acids is 2. The molecule has 0 aliphatic rings. The van der Waals surface area contributed by atoms with Crippen molar-refractivity contribution in [3.05, 3.63) is 117 Å². The van der Waals surface area contributed by atoms with Crippen LogP contribution in [0.1, 0.15) is 59.5 Å². The lowest BCUT2D eigenvalue weighted by molar-refractivity contribution is 0.0947. The molecule has 0 spiro atoms. The van der Waals surface area contributed by atoms with Crippen molar-refractivity contribution in [1.82, 2.24) is 10.9 Å².